The summed E-state index contributed by atoms with van der Waals surface area (Å²) >= 11 is 0. The molecule has 0 saturated carbocycles. The van der Waals surface area contributed by atoms with Crippen molar-refractivity contribution < 1.29 is 22.7 Å². The van der Waals surface area contributed by atoms with E-state index >= 15 is 0 Å². The van der Waals surface area contributed by atoms with Crippen LogP contribution in [0.4, 0.5) is 0 Å². The maximum Gasteiger partial charge on any atom is 0.359 e. The van der Waals surface area contributed by atoms with E-state index in [0.29, 0.717) is 6.42 Å². The maximum atomic E-state index is 11.5. The first-order valence-electron chi connectivity index (χ1n) is 5.89. The summed E-state index contributed by atoms with van der Waals surface area (Å²) in [5, 5.41) is 2.51. The number of hydrogen-bond acceptors (Lipinski definition) is 7. The second kappa shape index (κ2) is 5.95. The quantitative estimate of drug-likeness (QED) is 0.704. The van der Waals surface area contributed by atoms with Crippen LogP contribution in [0, 0.1) is 0 Å². The van der Waals surface area contributed by atoms with E-state index in [-0.39, 0.29) is 17.2 Å². The largest absolute Gasteiger partial charge is 0.451 e. The van der Waals surface area contributed by atoms with E-state index in [1.807, 2.05) is 0 Å². The van der Waals surface area contributed by atoms with Crippen molar-refractivity contribution in [3.63, 3.8) is 0 Å². The van der Waals surface area contributed by atoms with Gasteiger partial charge in [0.1, 0.15) is 0 Å². The molecule has 0 radical (unpaired) electrons. The first kappa shape index (κ1) is 14.4. The zero-order valence-corrected chi connectivity index (χ0v) is 11.3. The lowest BCUT2D eigenvalue weighted by atomic mass is 10.2. The Balaban J connectivity index is 1.77. The van der Waals surface area contributed by atoms with Gasteiger partial charge >= 0.3 is 5.97 Å². The standard InChI is InChI=1S/C11H13N3O5S/c15-10(14-8-1-4-20(17,18)7-8)6-19-11(16)9-5-12-2-3-13-9/h2-3,5,8H,1,4,6-7H2,(H,14,15)/t8-/m1/s1. The number of esters is 1. The number of aromatic nitrogens is 2. The van der Waals surface area contributed by atoms with Gasteiger partial charge in [0, 0.05) is 18.4 Å². The van der Waals surface area contributed by atoms with Crippen molar-refractivity contribution in [1.82, 2.24) is 15.3 Å². The summed E-state index contributed by atoms with van der Waals surface area (Å²) in [7, 11) is -3.06. The predicted octanol–water partition coefficient (Wildman–Crippen LogP) is -1.06. The molecule has 1 amide bonds. The summed E-state index contributed by atoms with van der Waals surface area (Å²) in [6, 6.07) is -0.414. The summed E-state index contributed by atoms with van der Waals surface area (Å²) in [6.45, 7) is -0.480. The molecule has 0 bridgehead atoms. The third-order valence-electron chi connectivity index (χ3n) is 2.70. The molecule has 0 aliphatic carbocycles. The molecule has 0 unspecified atom stereocenters. The highest BCUT2D eigenvalue weighted by atomic mass is 32.2. The fourth-order valence-electron chi connectivity index (χ4n) is 1.79. The molecule has 0 spiro atoms. The van der Waals surface area contributed by atoms with Crippen LogP contribution in [0.1, 0.15) is 16.9 Å². The molecule has 1 N–H and O–H groups in total. The van der Waals surface area contributed by atoms with Gasteiger partial charge in [0.15, 0.2) is 22.1 Å². The summed E-state index contributed by atoms with van der Waals surface area (Å²) in [4.78, 5) is 30.4. The zero-order valence-electron chi connectivity index (χ0n) is 10.5. The van der Waals surface area contributed by atoms with Gasteiger partial charge in [-0.1, -0.05) is 0 Å². The average Bonchev–Trinajstić information content (AvgIpc) is 2.76. The van der Waals surface area contributed by atoms with Gasteiger partial charge in [-0.3, -0.25) is 9.78 Å². The number of rotatable bonds is 4. The fourth-order valence-corrected chi connectivity index (χ4v) is 3.46. The van der Waals surface area contributed by atoms with Crippen molar-refractivity contribution in [3.8, 4) is 0 Å². The van der Waals surface area contributed by atoms with E-state index in [1.54, 1.807) is 0 Å². The number of hydrogen-bond donors (Lipinski definition) is 1. The van der Waals surface area contributed by atoms with Crippen LogP contribution >= 0.6 is 0 Å². The Hall–Kier alpha value is -2.03. The van der Waals surface area contributed by atoms with Gasteiger partial charge < -0.3 is 10.1 Å². The third kappa shape index (κ3) is 3.98. The third-order valence-corrected chi connectivity index (χ3v) is 4.47. The first-order chi connectivity index (χ1) is 9.46. The Kier molecular flexibility index (Phi) is 4.28. The van der Waals surface area contributed by atoms with Gasteiger partial charge in [0.2, 0.25) is 0 Å². The van der Waals surface area contributed by atoms with Crippen molar-refractivity contribution >= 4 is 21.7 Å². The monoisotopic (exact) mass is 299 g/mol. The Morgan fingerprint density at radius 1 is 1.40 bits per heavy atom. The lowest BCUT2D eigenvalue weighted by molar-refractivity contribution is -0.124. The Morgan fingerprint density at radius 3 is 2.80 bits per heavy atom. The van der Waals surface area contributed by atoms with E-state index in [0.717, 1.165) is 0 Å². The van der Waals surface area contributed by atoms with E-state index < -0.39 is 34.4 Å². The fraction of sp³-hybridized carbons (Fsp3) is 0.455. The number of amides is 1. The summed E-state index contributed by atoms with van der Waals surface area (Å²) < 4.78 is 27.2. The number of ether oxygens (including phenoxy) is 1. The highest BCUT2D eigenvalue weighted by Gasteiger charge is 2.29. The molecular formula is C11H13N3O5S. The number of nitrogens with zero attached hydrogens (tertiary/aromatic N) is 2. The van der Waals surface area contributed by atoms with Gasteiger partial charge in [-0.15, -0.1) is 0 Å². The first-order valence-corrected chi connectivity index (χ1v) is 7.71. The van der Waals surface area contributed by atoms with Crippen molar-refractivity contribution in [2.24, 2.45) is 0 Å². The van der Waals surface area contributed by atoms with Crippen LogP contribution in [-0.4, -0.2) is 54.4 Å². The van der Waals surface area contributed by atoms with Crippen LogP contribution in [0.5, 0.6) is 0 Å². The smallest absolute Gasteiger partial charge is 0.359 e. The number of carbonyl (C=O) groups excluding carboxylic acids is 2. The molecule has 1 aromatic rings. The Morgan fingerprint density at radius 2 is 2.20 bits per heavy atom. The van der Waals surface area contributed by atoms with E-state index in [2.05, 4.69) is 15.3 Å². The maximum absolute atomic E-state index is 11.5. The van der Waals surface area contributed by atoms with E-state index in [1.165, 1.54) is 18.6 Å². The minimum atomic E-state index is -3.06. The van der Waals surface area contributed by atoms with Crippen LogP contribution in [0.3, 0.4) is 0 Å². The second-order valence-electron chi connectivity index (χ2n) is 4.33. The average molecular weight is 299 g/mol. The van der Waals surface area contributed by atoms with E-state index in [9.17, 15) is 18.0 Å². The highest BCUT2D eigenvalue weighted by molar-refractivity contribution is 7.91. The van der Waals surface area contributed by atoms with Crippen molar-refractivity contribution in [1.29, 1.82) is 0 Å². The SMILES string of the molecule is O=C(COC(=O)c1cnccn1)N[C@@H]1CCS(=O)(=O)C1. The molecule has 20 heavy (non-hydrogen) atoms. The summed E-state index contributed by atoms with van der Waals surface area (Å²) in [6.07, 6.45) is 4.35. The molecule has 1 aliphatic heterocycles. The minimum absolute atomic E-state index is 0.00347. The highest BCUT2D eigenvalue weighted by Crippen LogP contribution is 2.10. The number of carbonyl (C=O) groups is 2. The normalized spacial score (nSPS) is 20.3. The summed E-state index contributed by atoms with van der Waals surface area (Å²) in [5.74, 6) is -1.30. The molecule has 1 aliphatic rings. The molecule has 1 aromatic heterocycles. The van der Waals surface area contributed by atoms with Crippen LogP contribution in [0.2, 0.25) is 0 Å². The molecule has 9 heteroatoms. The molecule has 1 saturated heterocycles. The van der Waals surface area contributed by atoms with Gasteiger partial charge in [-0.2, -0.15) is 0 Å². The molecule has 1 atom stereocenters. The molecule has 1 fully saturated rings. The minimum Gasteiger partial charge on any atom is -0.451 e. The molecule has 8 nitrogen and oxygen atoms in total. The molecule has 108 valence electrons. The topological polar surface area (TPSA) is 115 Å². The second-order valence-corrected chi connectivity index (χ2v) is 6.56. The molecular weight excluding hydrogens is 286 g/mol. The lowest BCUT2D eigenvalue weighted by Gasteiger charge is -2.10. The Bertz CT molecular complexity index is 602. The van der Waals surface area contributed by atoms with Crippen molar-refractivity contribution in [3.05, 3.63) is 24.3 Å². The van der Waals surface area contributed by atoms with Crippen LogP contribution in [-0.2, 0) is 19.4 Å². The van der Waals surface area contributed by atoms with Crippen molar-refractivity contribution in [2.45, 2.75) is 12.5 Å². The van der Waals surface area contributed by atoms with Gasteiger partial charge in [-0.05, 0) is 6.42 Å². The molecule has 2 heterocycles. The van der Waals surface area contributed by atoms with Crippen LogP contribution in [0.25, 0.3) is 0 Å². The number of sulfone groups is 1. The van der Waals surface area contributed by atoms with Gasteiger partial charge in [0.25, 0.3) is 5.91 Å². The van der Waals surface area contributed by atoms with E-state index in [4.69, 9.17) is 4.74 Å². The number of nitrogens with one attached hydrogen (secondary N) is 1. The van der Waals surface area contributed by atoms with Gasteiger partial charge in [-0.25, -0.2) is 18.2 Å². The zero-order chi connectivity index (χ0) is 14.6. The Labute approximate surface area is 115 Å². The van der Waals surface area contributed by atoms with Crippen molar-refractivity contribution in [2.75, 3.05) is 18.1 Å². The predicted molar refractivity (Wildman–Crippen MR) is 67.5 cm³/mol. The van der Waals surface area contributed by atoms with Crippen LogP contribution < -0.4 is 5.32 Å². The van der Waals surface area contributed by atoms with Crippen LogP contribution in [0.15, 0.2) is 18.6 Å². The lowest BCUT2D eigenvalue weighted by Crippen LogP contribution is -2.38. The van der Waals surface area contributed by atoms with Gasteiger partial charge in [0.05, 0.1) is 17.7 Å². The summed E-state index contributed by atoms with van der Waals surface area (Å²) in [5.41, 5.74) is 0.00347. The molecule has 0 aromatic carbocycles. The molecule has 2 rings (SSSR count).